The number of benzene rings is 4. The molecular weight excluding hydrogens is 448 g/mol. The number of ether oxygens (including phenoxy) is 3. The zero-order chi connectivity index (χ0) is 24.9. The van der Waals surface area contributed by atoms with Gasteiger partial charge in [-0.2, -0.15) is 0 Å². The Morgan fingerprint density at radius 3 is 1.67 bits per heavy atom. The Morgan fingerprint density at radius 1 is 0.611 bits per heavy atom. The van der Waals surface area contributed by atoms with Crippen LogP contribution in [0, 0.1) is 0 Å². The van der Waals surface area contributed by atoms with Gasteiger partial charge in [-0.3, -0.25) is 0 Å². The minimum atomic E-state index is 0.552. The topological polar surface area (TPSA) is 45.5 Å². The van der Waals surface area contributed by atoms with E-state index in [4.69, 9.17) is 19.2 Å². The summed E-state index contributed by atoms with van der Waals surface area (Å²) in [6.45, 7) is 0.650. The van der Waals surface area contributed by atoms with Crippen molar-refractivity contribution in [2.24, 2.45) is 0 Å². The highest BCUT2D eigenvalue weighted by molar-refractivity contribution is 5.83. The summed E-state index contributed by atoms with van der Waals surface area (Å²) < 4.78 is 19.2. The molecule has 1 aromatic heterocycles. The van der Waals surface area contributed by atoms with Crippen LogP contribution in [0.4, 0.5) is 0 Å². The number of imidazole rings is 1. The SMILES string of the molecule is COc1cc(-c2nc(-c3ccccc3)c(-c3ccccc3)n2Cc2ccccc2)cc(OC)c1OC. The summed E-state index contributed by atoms with van der Waals surface area (Å²) in [4.78, 5) is 5.24. The first kappa shape index (κ1) is 23.2. The smallest absolute Gasteiger partial charge is 0.203 e. The molecule has 0 unspecified atom stereocenters. The van der Waals surface area contributed by atoms with Crippen LogP contribution in [0.25, 0.3) is 33.9 Å². The summed E-state index contributed by atoms with van der Waals surface area (Å²) in [5, 5.41) is 0. The lowest BCUT2D eigenvalue weighted by Crippen LogP contribution is -2.05. The number of hydrogen-bond acceptors (Lipinski definition) is 4. The second-order valence-electron chi connectivity index (χ2n) is 8.35. The molecule has 0 atom stereocenters. The van der Waals surface area contributed by atoms with E-state index in [2.05, 4.69) is 65.2 Å². The molecule has 180 valence electrons. The van der Waals surface area contributed by atoms with Crippen LogP contribution in [0.5, 0.6) is 17.2 Å². The van der Waals surface area contributed by atoms with Crippen LogP contribution < -0.4 is 14.2 Å². The Kier molecular flexibility index (Phi) is 6.72. The molecule has 0 aliphatic carbocycles. The van der Waals surface area contributed by atoms with E-state index >= 15 is 0 Å². The van der Waals surface area contributed by atoms with Gasteiger partial charge >= 0.3 is 0 Å². The average Bonchev–Trinajstić information content (AvgIpc) is 3.32. The van der Waals surface area contributed by atoms with Crippen LogP contribution in [0.3, 0.4) is 0 Å². The standard InChI is InChI=1S/C31H28N2O3/c1-34-26-19-25(20-27(35-2)30(26)36-3)31-32-28(23-15-9-5-10-16-23)29(24-17-11-6-12-18-24)33(31)21-22-13-7-4-8-14-22/h4-20H,21H2,1-3H3. The quantitative estimate of drug-likeness (QED) is 0.243. The van der Waals surface area contributed by atoms with Gasteiger partial charge in [0.2, 0.25) is 5.75 Å². The van der Waals surface area contributed by atoms with Gasteiger partial charge < -0.3 is 18.8 Å². The van der Waals surface area contributed by atoms with Gasteiger partial charge in [-0.15, -0.1) is 0 Å². The number of rotatable bonds is 8. The van der Waals surface area contributed by atoms with Crippen LogP contribution in [0.2, 0.25) is 0 Å². The molecule has 0 radical (unpaired) electrons. The summed E-state index contributed by atoms with van der Waals surface area (Å²) in [5.41, 5.74) is 6.17. The van der Waals surface area contributed by atoms with E-state index in [1.54, 1.807) is 21.3 Å². The first-order valence-electron chi connectivity index (χ1n) is 11.8. The van der Waals surface area contributed by atoms with Gasteiger partial charge in [0.15, 0.2) is 11.5 Å². The molecule has 0 amide bonds. The van der Waals surface area contributed by atoms with Crippen molar-refractivity contribution >= 4 is 0 Å². The third-order valence-corrected chi connectivity index (χ3v) is 6.17. The van der Waals surface area contributed by atoms with E-state index in [-0.39, 0.29) is 0 Å². The minimum Gasteiger partial charge on any atom is -0.493 e. The van der Waals surface area contributed by atoms with Crippen molar-refractivity contribution in [1.82, 2.24) is 9.55 Å². The molecule has 0 fully saturated rings. The van der Waals surface area contributed by atoms with Crippen molar-refractivity contribution in [2.45, 2.75) is 6.54 Å². The average molecular weight is 477 g/mol. The lowest BCUT2D eigenvalue weighted by molar-refractivity contribution is 0.324. The van der Waals surface area contributed by atoms with E-state index in [9.17, 15) is 0 Å². The first-order chi connectivity index (χ1) is 17.7. The lowest BCUT2D eigenvalue weighted by Gasteiger charge is -2.16. The third kappa shape index (κ3) is 4.43. The van der Waals surface area contributed by atoms with Crippen LogP contribution >= 0.6 is 0 Å². The zero-order valence-electron chi connectivity index (χ0n) is 20.6. The molecule has 36 heavy (non-hydrogen) atoms. The fourth-order valence-corrected chi connectivity index (χ4v) is 4.49. The molecule has 5 heteroatoms. The molecule has 0 aliphatic heterocycles. The van der Waals surface area contributed by atoms with Crippen LogP contribution in [0.15, 0.2) is 103 Å². The number of methoxy groups -OCH3 is 3. The van der Waals surface area contributed by atoms with Gasteiger partial charge in [0.05, 0.1) is 32.7 Å². The summed E-state index contributed by atoms with van der Waals surface area (Å²) in [6, 6.07) is 35.0. The van der Waals surface area contributed by atoms with Gasteiger partial charge in [-0.05, 0) is 17.7 Å². The highest BCUT2D eigenvalue weighted by atomic mass is 16.5. The fraction of sp³-hybridized carbons (Fsp3) is 0.129. The molecule has 5 aromatic rings. The van der Waals surface area contributed by atoms with Crippen molar-refractivity contribution in [3.8, 4) is 51.2 Å². The van der Waals surface area contributed by atoms with Crippen LogP contribution in [0.1, 0.15) is 5.56 Å². The molecule has 1 heterocycles. The van der Waals surface area contributed by atoms with Crippen molar-refractivity contribution in [2.75, 3.05) is 21.3 Å². The van der Waals surface area contributed by atoms with E-state index in [0.29, 0.717) is 23.8 Å². The summed E-state index contributed by atoms with van der Waals surface area (Å²) in [6.07, 6.45) is 0. The van der Waals surface area contributed by atoms with E-state index < -0.39 is 0 Å². The van der Waals surface area contributed by atoms with Crippen molar-refractivity contribution < 1.29 is 14.2 Å². The maximum atomic E-state index is 5.66. The van der Waals surface area contributed by atoms with E-state index in [1.807, 2.05) is 42.5 Å². The van der Waals surface area contributed by atoms with Gasteiger partial charge in [-0.25, -0.2) is 4.98 Å². The monoisotopic (exact) mass is 476 g/mol. The summed E-state index contributed by atoms with van der Waals surface area (Å²) in [7, 11) is 4.86. The molecule has 5 rings (SSSR count). The Hall–Kier alpha value is -4.51. The summed E-state index contributed by atoms with van der Waals surface area (Å²) >= 11 is 0. The van der Waals surface area contributed by atoms with Crippen molar-refractivity contribution in [3.05, 3.63) is 109 Å². The lowest BCUT2D eigenvalue weighted by atomic mass is 10.0. The molecular formula is C31H28N2O3. The fourth-order valence-electron chi connectivity index (χ4n) is 4.49. The minimum absolute atomic E-state index is 0.552. The van der Waals surface area contributed by atoms with Gasteiger partial charge in [-0.1, -0.05) is 91.0 Å². The van der Waals surface area contributed by atoms with E-state index in [0.717, 1.165) is 33.9 Å². The Morgan fingerprint density at radius 2 is 1.14 bits per heavy atom. The molecule has 0 bridgehead atoms. The molecule has 4 aromatic carbocycles. The normalized spacial score (nSPS) is 10.8. The predicted molar refractivity (Wildman–Crippen MR) is 144 cm³/mol. The van der Waals surface area contributed by atoms with Gasteiger partial charge in [0.25, 0.3) is 0 Å². The zero-order valence-corrected chi connectivity index (χ0v) is 20.6. The Labute approximate surface area is 211 Å². The van der Waals surface area contributed by atoms with Crippen molar-refractivity contribution in [1.29, 1.82) is 0 Å². The maximum absolute atomic E-state index is 5.66. The highest BCUT2D eigenvalue weighted by Crippen LogP contribution is 2.43. The van der Waals surface area contributed by atoms with Crippen molar-refractivity contribution in [3.63, 3.8) is 0 Å². The molecule has 0 saturated heterocycles. The second-order valence-corrected chi connectivity index (χ2v) is 8.35. The number of hydrogen-bond donors (Lipinski definition) is 0. The summed E-state index contributed by atoms with van der Waals surface area (Å²) in [5.74, 6) is 2.54. The third-order valence-electron chi connectivity index (χ3n) is 6.17. The first-order valence-corrected chi connectivity index (χ1v) is 11.8. The Bertz CT molecular complexity index is 1420. The molecule has 0 spiro atoms. The number of nitrogens with zero attached hydrogens (tertiary/aromatic N) is 2. The molecule has 0 N–H and O–H groups in total. The van der Waals surface area contributed by atoms with E-state index in [1.165, 1.54) is 5.56 Å². The second kappa shape index (κ2) is 10.4. The van der Waals surface area contributed by atoms with Crippen LogP contribution in [-0.2, 0) is 6.54 Å². The molecule has 0 saturated carbocycles. The Balaban J connectivity index is 1.82. The number of aromatic nitrogens is 2. The van der Waals surface area contributed by atoms with Gasteiger partial charge in [0, 0.05) is 23.2 Å². The molecule has 0 aliphatic rings. The molecule has 5 nitrogen and oxygen atoms in total. The van der Waals surface area contributed by atoms with Crippen LogP contribution in [-0.4, -0.2) is 30.9 Å². The van der Waals surface area contributed by atoms with Gasteiger partial charge in [0.1, 0.15) is 5.82 Å². The predicted octanol–water partition coefficient (Wildman–Crippen LogP) is 6.96. The highest BCUT2D eigenvalue weighted by Gasteiger charge is 2.23. The largest absolute Gasteiger partial charge is 0.493 e. The maximum Gasteiger partial charge on any atom is 0.203 e.